The van der Waals surface area contributed by atoms with Crippen LogP contribution in [0.15, 0.2) is 24.3 Å². The zero-order chi connectivity index (χ0) is 15.3. The van der Waals surface area contributed by atoms with E-state index in [0.29, 0.717) is 11.3 Å². The number of hydrogen-bond acceptors (Lipinski definition) is 5. The van der Waals surface area contributed by atoms with Gasteiger partial charge in [0.25, 0.3) is 0 Å². The molecule has 1 atom stereocenters. The standard InChI is InChI=1S/C14H18O5S/c1-5-12(15)18-14(2,3)13(16)10-6-8-11(9-7-10)19-20(4)17/h6-9H,5H2,1-4H3. The summed E-state index contributed by atoms with van der Waals surface area (Å²) in [7, 11) is 0. The monoisotopic (exact) mass is 298 g/mol. The van der Waals surface area contributed by atoms with E-state index < -0.39 is 22.7 Å². The molecule has 0 aliphatic carbocycles. The van der Waals surface area contributed by atoms with Crippen molar-refractivity contribution >= 4 is 22.8 Å². The molecule has 1 rings (SSSR count). The molecular formula is C14H18O5S. The zero-order valence-corrected chi connectivity index (χ0v) is 12.8. The van der Waals surface area contributed by atoms with Gasteiger partial charge in [0.2, 0.25) is 16.9 Å². The molecule has 0 aromatic heterocycles. The van der Waals surface area contributed by atoms with Crippen LogP contribution < -0.4 is 4.18 Å². The summed E-state index contributed by atoms with van der Waals surface area (Å²) in [6.45, 7) is 4.77. The second-order valence-corrected chi connectivity index (χ2v) is 5.65. The first-order valence-corrected chi connectivity index (χ1v) is 7.63. The van der Waals surface area contributed by atoms with Crippen LogP contribution >= 0.6 is 0 Å². The van der Waals surface area contributed by atoms with Crippen molar-refractivity contribution in [2.24, 2.45) is 0 Å². The number of carbonyl (C=O) groups is 2. The minimum absolute atomic E-state index is 0.214. The van der Waals surface area contributed by atoms with Gasteiger partial charge in [0.05, 0.1) is 0 Å². The highest BCUT2D eigenvalue weighted by atomic mass is 32.2. The number of rotatable bonds is 6. The molecule has 20 heavy (non-hydrogen) atoms. The molecule has 0 radical (unpaired) electrons. The van der Waals surface area contributed by atoms with Gasteiger partial charge in [0, 0.05) is 18.2 Å². The molecule has 0 fully saturated rings. The van der Waals surface area contributed by atoms with Crippen LogP contribution in [0.1, 0.15) is 37.6 Å². The third-order valence-corrected chi connectivity index (χ3v) is 2.96. The van der Waals surface area contributed by atoms with E-state index >= 15 is 0 Å². The van der Waals surface area contributed by atoms with Crippen molar-refractivity contribution in [2.45, 2.75) is 32.8 Å². The number of ketones is 1. The fourth-order valence-electron chi connectivity index (χ4n) is 1.55. The molecule has 0 spiro atoms. The van der Waals surface area contributed by atoms with Crippen LogP contribution in [0.2, 0.25) is 0 Å². The quantitative estimate of drug-likeness (QED) is 0.595. The molecule has 1 unspecified atom stereocenters. The Morgan fingerprint density at radius 2 is 1.75 bits per heavy atom. The maximum absolute atomic E-state index is 12.3. The number of hydrogen-bond donors (Lipinski definition) is 0. The molecule has 110 valence electrons. The van der Waals surface area contributed by atoms with Crippen molar-refractivity contribution in [1.82, 2.24) is 0 Å². The van der Waals surface area contributed by atoms with E-state index in [2.05, 4.69) is 0 Å². The Labute approximate surface area is 120 Å². The number of carbonyl (C=O) groups excluding carboxylic acids is 2. The molecule has 5 nitrogen and oxygen atoms in total. The molecular weight excluding hydrogens is 280 g/mol. The van der Waals surface area contributed by atoms with Gasteiger partial charge in [-0.25, -0.2) is 4.21 Å². The predicted octanol–water partition coefficient (Wildman–Crippen LogP) is 2.27. The van der Waals surface area contributed by atoms with Crippen molar-refractivity contribution in [1.29, 1.82) is 0 Å². The Hall–Kier alpha value is -1.69. The van der Waals surface area contributed by atoms with Gasteiger partial charge in [0.15, 0.2) is 5.60 Å². The summed E-state index contributed by atoms with van der Waals surface area (Å²) in [4.78, 5) is 23.6. The normalized spacial score (nSPS) is 12.6. The van der Waals surface area contributed by atoms with E-state index in [9.17, 15) is 13.8 Å². The smallest absolute Gasteiger partial charge is 0.306 e. The minimum atomic E-state index is -1.41. The average molecular weight is 298 g/mol. The highest BCUT2D eigenvalue weighted by Crippen LogP contribution is 2.20. The summed E-state index contributed by atoms with van der Waals surface area (Å²) in [5.41, 5.74) is -0.823. The zero-order valence-electron chi connectivity index (χ0n) is 12.0. The first kappa shape index (κ1) is 16.4. The van der Waals surface area contributed by atoms with E-state index in [1.807, 2.05) is 0 Å². The summed E-state index contributed by atoms with van der Waals surface area (Å²) < 4.78 is 21.0. The van der Waals surface area contributed by atoms with E-state index in [-0.39, 0.29) is 12.2 Å². The molecule has 0 aliphatic rings. The second kappa shape index (κ2) is 6.65. The highest BCUT2D eigenvalue weighted by molar-refractivity contribution is 7.79. The van der Waals surface area contributed by atoms with Gasteiger partial charge in [0.1, 0.15) is 5.75 Å². The lowest BCUT2D eigenvalue weighted by Crippen LogP contribution is -2.37. The van der Waals surface area contributed by atoms with Crippen molar-refractivity contribution in [3.05, 3.63) is 29.8 Å². The molecule has 0 saturated heterocycles. The van der Waals surface area contributed by atoms with Gasteiger partial charge < -0.3 is 8.92 Å². The van der Waals surface area contributed by atoms with Crippen LogP contribution in [-0.4, -0.2) is 27.8 Å². The molecule has 1 aromatic carbocycles. The van der Waals surface area contributed by atoms with Crippen LogP contribution in [-0.2, 0) is 20.6 Å². The molecule has 0 heterocycles. The van der Waals surface area contributed by atoms with Gasteiger partial charge in [-0.3, -0.25) is 9.59 Å². The summed E-state index contributed by atoms with van der Waals surface area (Å²) in [6.07, 6.45) is 1.62. The van der Waals surface area contributed by atoms with Gasteiger partial charge >= 0.3 is 5.97 Å². The summed E-state index contributed by atoms with van der Waals surface area (Å²) in [5, 5.41) is 0. The Balaban J connectivity index is 2.86. The van der Waals surface area contributed by atoms with Gasteiger partial charge in [-0.15, -0.1) is 0 Å². The largest absolute Gasteiger partial charge is 0.451 e. The third-order valence-electron chi connectivity index (χ3n) is 2.53. The number of ether oxygens (including phenoxy) is 1. The number of benzene rings is 1. The lowest BCUT2D eigenvalue weighted by Gasteiger charge is -2.23. The molecule has 0 N–H and O–H groups in total. The fourth-order valence-corrected chi connectivity index (χ4v) is 1.93. The van der Waals surface area contributed by atoms with Gasteiger partial charge in [-0.1, -0.05) is 6.92 Å². The molecule has 0 bridgehead atoms. The van der Waals surface area contributed by atoms with E-state index in [1.54, 1.807) is 45.0 Å². The Morgan fingerprint density at radius 3 is 2.20 bits per heavy atom. The van der Waals surface area contributed by atoms with Crippen LogP contribution in [0.25, 0.3) is 0 Å². The van der Waals surface area contributed by atoms with Gasteiger partial charge in [-0.2, -0.15) is 0 Å². The van der Waals surface area contributed by atoms with E-state index in [4.69, 9.17) is 8.92 Å². The average Bonchev–Trinajstić information content (AvgIpc) is 2.37. The van der Waals surface area contributed by atoms with Crippen LogP contribution in [0.3, 0.4) is 0 Å². The summed E-state index contributed by atoms with van der Waals surface area (Å²) in [6, 6.07) is 6.19. The van der Waals surface area contributed by atoms with Gasteiger partial charge in [-0.05, 0) is 38.1 Å². The second-order valence-electron chi connectivity index (χ2n) is 4.68. The lowest BCUT2D eigenvalue weighted by atomic mass is 9.96. The molecule has 0 aliphatic heterocycles. The summed E-state index contributed by atoms with van der Waals surface area (Å²) in [5.74, 6) is -0.320. The van der Waals surface area contributed by atoms with E-state index in [1.165, 1.54) is 6.26 Å². The fraction of sp³-hybridized carbons (Fsp3) is 0.429. The van der Waals surface area contributed by atoms with E-state index in [0.717, 1.165) is 0 Å². The lowest BCUT2D eigenvalue weighted by molar-refractivity contribution is -0.152. The first-order chi connectivity index (χ1) is 9.26. The van der Waals surface area contributed by atoms with Crippen molar-refractivity contribution in [3.63, 3.8) is 0 Å². The van der Waals surface area contributed by atoms with Crippen molar-refractivity contribution in [3.8, 4) is 5.75 Å². The first-order valence-electron chi connectivity index (χ1n) is 6.14. The topological polar surface area (TPSA) is 69.7 Å². The Kier molecular flexibility index (Phi) is 5.44. The highest BCUT2D eigenvalue weighted by Gasteiger charge is 2.32. The van der Waals surface area contributed by atoms with Crippen molar-refractivity contribution < 1.29 is 22.7 Å². The van der Waals surface area contributed by atoms with Crippen molar-refractivity contribution in [2.75, 3.05) is 6.26 Å². The molecule has 0 saturated carbocycles. The number of Topliss-reactive ketones (excluding diaryl/α,β-unsaturated/α-hetero) is 1. The van der Waals surface area contributed by atoms with Crippen LogP contribution in [0.4, 0.5) is 0 Å². The maximum Gasteiger partial charge on any atom is 0.306 e. The predicted molar refractivity (Wildman–Crippen MR) is 75.9 cm³/mol. The Bertz CT molecular complexity index is 519. The molecule has 1 aromatic rings. The van der Waals surface area contributed by atoms with Crippen LogP contribution in [0.5, 0.6) is 5.75 Å². The van der Waals surface area contributed by atoms with Crippen LogP contribution in [0, 0.1) is 0 Å². The SMILES string of the molecule is CCC(=O)OC(C)(C)C(=O)c1ccc(OS(C)=O)cc1. The maximum atomic E-state index is 12.3. The Morgan fingerprint density at radius 1 is 1.20 bits per heavy atom. The minimum Gasteiger partial charge on any atom is -0.451 e. The molecule has 6 heteroatoms. The third kappa shape index (κ3) is 4.45. The molecule has 0 amide bonds. The number of esters is 1. The summed E-state index contributed by atoms with van der Waals surface area (Å²) >= 11 is -1.41.